The minimum atomic E-state index is -0.310. The van der Waals surface area contributed by atoms with Crippen LogP contribution in [0.1, 0.15) is 29.2 Å². The van der Waals surface area contributed by atoms with E-state index in [1.54, 1.807) is 14.2 Å². The van der Waals surface area contributed by atoms with Gasteiger partial charge in [-0.3, -0.25) is 4.79 Å². The van der Waals surface area contributed by atoms with E-state index < -0.39 is 0 Å². The normalized spacial score (nSPS) is 12.6. The number of hydrogen-bond donors (Lipinski definition) is 1. The molecule has 0 radical (unpaired) electrons. The first-order chi connectivity index (χ1) is 21.9. The number of methoxy groups -OCH3 is 2. The molecule has 0 saturated heterocycles. The third-order valence-corrected chi connectivity index (χ3v) is 8.95. The maximum absolute atomic E-state index is 11.5. The van der Waals surface area contributed by atoms with E-state index in [1.807, 2.05) is 36.4 Å². The highest BCUT2D eigenvalue weighted by molar-refractivity contribution is 6.05. The van der Waals surface area contributed by atoms with Gasteiger partial charge in [0.05, 0.1) is 14.2 Å². The van der Waals surface area contributed by atoms with Gasteiger partial charge in [-0.15, -0.1) is 0 Å². The van der Waals surface area contributed by atoms with Crippen molar-refractivity contribution in [3.8, 4) is 45.3 Å². The number of carbonyl (C=O) groups excluding carboxylic acids is 1. The Balaban J connectivity index is 0.000000146. The van der Waals surface area contributed by atoms with Gasteiger partial charge >= 0.3 is 5.97 Å². The monoisotopic (exact) mass is 594 g/mol. The molecule has 0 atom stereocenters. The van der Waals surface area contributed by atoms with Crippen LogP contribution in [-0.2, 0) is 30.5 Å². The Morgan fingerprint density at radius 2 is 1.07 bits per heavy atom. The van der Waals surface area contributed by atoms with Crippen LogP contribution in [0.4, 0.5) is 0 Å². The van der Waals surface area contributed by atoms with Crippen LogP contribution in [0.2, 0.25) is 0 Å². The summed E-state index contributed by atoms with van der Waals surface area (Å²) in [6.45, 7) is 1.43. The number of fused-ring (bicyclic) bond motifs is 10. The summed E-state index contributed by atoms with van der Waals surface area (Å²) in [5.41, 5.74) is 10.2. The topological polar surface area (TPSA) is 65.0 Å². The molecule has 0 spiro atoms. The summed E-state index contributed by atoms with van der Waals surface area (Å²) >= 11 is 0. The Hall–Kier alpha value is -5.29. The first kappa shape index (κ1) is 28.5. The molecule has 0 fully saturated rings. The van der Waals surface area contributed by atoms with Crippen molar-refractivity contribution in [1.82, 2.24) is 0 Å². The zero-order valence-corrected chi connectivity index (χ0v) is 25.6. The largest absolute Gasteiger partial charge is 0.507 e. The molecule has 45 heavy (non-hydrogen) atoms. The predicted molar refractivity (Wildman–Crippen MR) is 180 cm³/mol. The van der Waals surface area contributed by atoms with Gasteiger partial charge < -0.3 is 19.3 Å². The fourth-order valence-electron chi connectivity index (χ4n) is 6.89. The van der Waals surface area contributed by atoms with Gasteiger partial charge in [-0.25, -0.2) is 0 Å². The lowest BCUT2D eigenvalue weighted by molar-refractivity contribution is -0.131. The standard InChI is InChI=1S/C21H18O3.C19H16O2/c1-13(22)24-20-11-15-8-7-14-5-3-4-6-17(14)21(15)18-10-9-16(23-2)12-19(18)20;1-21-14-8-9-16-17(11-14)18(20)10-13-7-6-12-4-2-3-5-15(12)19(13)16/h3-6,9-12H,7-8H2,1-2H3;2-5,8-11,20H,6-7H2,1H3. The van der Waals surface area contributed by atoms with Crippen LogP contribution in [0.5, 0.6) is 23.0 Å². The van der Waals surface area contributed by atoms with Crippen LogP contribution in [0, 0.1) is 0 Å². The second-order valence-corrected chi connectivity index (χ2v) is 11.6. The van der Waals surface area contributed by atoms with E-state index in [9.17, 15) is 9.90 Å². The summed E-state index contributed by atoms with van der Waals surface area (Å²) in [6.07, 6.45) is 3.96. The van der Waals surface area contributed by atoms with Crippen LogP contribution < -0.4 is 14.2 Å². The summed E-state index contributed by atoms with van der Waals surface area (Å²) in [5.74, 6) is 2.15. The Morgan fingerprint density at radius 1 is 0.578 bits per heavy atom. The third kappa shape index (κ3) is 5.14. The molecule has 0 heterocycles. The molecule has 5 heteroatoms. The lowest BCUT2D eigenvalue weighted by Crippen LogP contribution is -2.07. The van der Waals surface area contributed by atoms with E-state index in [-0.39, 0.29) is 5.97 Å². The molecule has 0 aliphatic heterocycles. The third-order valence-electron chi connectivity index (χ3n) is 8.95. The van der Waals surface area contributed by atoms with Crippen molar-refractivity contribution in [2.45, 2.75) is 32.6 Å². The fraction of sp³-hybridized carbons (Fsp3) is 0.175. The Bertz CT molecular complexity index is 2110. The molecule has 0 bridgehead atoms. The first-order valence-corrected chi connectivity index (χ1v) is 15.3. The lowest BCUT2D eigenvalue weighted by Gasteiger charge is -2.23. The maximum Gasteiger partial charge on any atom is 0.308 e. The van der Waals surface area contributed by atoms with E-state index >= 15 is 0 Å². The van der Waals surface area contributed by atoms with E-state index in [4.69, 9.17) is 14.2 Å². The van der Waals surface area contributed by atoms with E-state index in [2.05, 4.69) is 60.7 Å². The highest BCUT2D eigenvalue weighted by Gasteiger charge is 2.22. The number of phenols is 1. The second-order valence-electron chi connectivity index (χ2n) is 11.6. The summed E-state index contributed by atoms with van der Waals surface area (Å²) in [6, 6.07) is 32.8. The van der Waals surface area contributed by atoms with Gasteiger partial charge in [0.15, 0.2) is 0 Å². The molecule has 5 nitrogen and oxygen atoms in total. The van der Waals surface area contributed by atoms with Crippen molar-refractivity contribution < 1.29 is 24.1 Å². The molecular formula is C40H34O5. The number of rotatable bonds is 3. The van der Waals surface area contributed by atoms with Crippen molar-refractivity contribution in [1.29, 1.82) is 0 Å². The zero-order valence-electron chi connectivity index (χ0n) is 25.6. The predicted octanol–water partition coefficient (Wildman–Crippen LogP) is 8.86. The number of aromatic hydroxyl groups is 1. The number of hydrogen-bond acceptors (Lipinski definition) is 5. The van der Waals surface area contributed by atoms with Crippen LogP contribution >= 0.6 is 0 Å². The van der Waals surface area contributed by atoms with Crippen molar-refractivity contribution in [2.24, 2.45) is 0 Å². The summed E-state index contributed by atoms with van der Waals surface area (Å²) in [4.78, 5) is 11.5. The fourth-order valence-corrected chi connectivity index (χ4v) is 6.89. The van der Waals surface area contributed by atoms with Crippen molar-refractivity contribution in [3.05, 3.63) is 119 Å². The highest BCUT2D eigenvalue weighted by Crippen LogP contribution is 2.44. The first-order valence-electron chi connectivity index (χ1n) is 15.3. The Labute approximate surface area is 262 Å². The number of esters is 1. The minimum absolute atomic E-state index is 0.310. The smallest absolute Gasteiger partial charge is 0.308 e. The summed E-state index contributed by atoms with van der Waals surface area (Å²) in [7, 11) is 3.28. The van der Waals surface area contributed by atoms with Gasteiger partial charge in [-0.1, -0.05) is 48.5 Å². The second kappa shape index (κ2) is 11.7. The molecule has 0 unspecified atom stereocenters. The van der Waals surface area contributed by atoms with E-state index in [1.165, 1.54) is 51.4 Å². The summed E-state index contributed by atoms with van der Waals surface area (Å²) < 4.78 is 16.1. The minimum Gasteiger partial charge on any atom is -0.507 e. The molecule has 0 amide bonds. The Kier molecular flexibility index (Phi) is 7.38. The van der Waals surface area contributed by atoms with Gasteiger partial charge in [0, 0.05) is 17.7 Å². The molecule has 0 aromatic heterocycles. The average Bonchev–Trinajstić information content (AvgIpc) is 3.07. The molecule has 0 saturated carbocycles. The van der Waals surface area contributed by atoms with Crippen molar-refractivity contribution in [2.75, 3.05) is 14.2 Å². The van der Waals surface area contributed by atoms with E-state index in [0.717, 1.165) is 58.7 Å². The van der Waals surface area contributed by atoms with Gasteiger partial charge in [0.1, 0.15) is 23.0 Å². The highest BCUT2D eigenvalue weighted by atomic mass is 16.5. The SMILES string of the molecule is COc1ccc2c3c(cc(O)c2c1)CCc1ccccc1-3.COc1ccc2c3c(cc(OC(C)=O)c2c1)CCc1ccccc1-3. The lowest BCUT2D eigenvalue weighted by atomic mass is 9.82. The molecule has 2 aliphatic carbocycles. The van der Waals surface area contributed by atoms with Crippen LogP contribution in [0.15, 0.2) is 97.1 Å². The molecule has 8 rings (SSSR count). The van der Waals surface area contributed by atoms with Gasteiger partial charge in [-0.05, 0) is 129 Å². The van der Waals surface area contributed by atoms with Gasteiger partial charge in [-0.2, -0.15) is 0 Å². The van der Waals surface area contributed by atoms with Gasteiger partial charge in [0.2, 0.25) is 0 Å². The molecule has 1 N–H and O–H groups in total. The molecule has 224 valence electrons. The molecule has 6 aromatic rings. The van der Waals surface area contributed by atoms with Crippen LogP contribution in [0.3, 0.4) is 0 Å². The molecule has 2 aliphatic rings. The van der Waals surface area contributed by atoms with Crippen molar-refractivity contribution >= 4 is 27.5 Å². The maximum atomic E-state index is 11.5. The van der Waals surface area contributed by atoms with Crippen molar-refractivity contribution in [3.63, 3.8) is 0 Å². The Morgan fingerprint density at radius 3 is 1.62 bits per heavy atom. The number of benzene rings is 6. The summed E-state index contributed by atoms with van der Waals surface area (Å²) in [5, 5.41) is 14.3. The number of aryl methyl sites for hydroxylation is 4. The van der Waals surface area contributed by atoms with Gasteiger partial charge in [0.25, 0.3) is 0 Å². The van der Waals surface area contributed by atoms with E-state index in [0.29, 0.717) is 11.5 Å². The van der Waals surface area contributed by atoms with Crippen LogP contribution in [0.25, 0.3) is 43.8 Å². The van der Waals surface area contributed by atoms with Crippen LogP contribution in [-0.4, -0.2) is 25.3 Å². The average molecular weight is 595 g/mol. The number of ether oxygens (including phenoxy) is 3. The number of carbonyl (C=O) groups is 1. The molecule has 6 aromatic carbocycles. The molecular weight excluding hydrogens is 560 g/mol. The quantitative estimate of drug-likeness (QED) is 0.164. The zero-order chi connectivity index (χ0) is 31.1. The number of phenolic OH excluding ortho intramolecular Hbond substituents is 1.